The molecular formula is C16H15N3O. The molecule has 0 radical (unpaired) electrons. The van der Waals surface area contributed by atoms with Crippen molar-refractivity contribution in [3.63, 3.8) is 0 Å². The highest BCUT2D eigenvalue weighted by atomic mass is 16.5. The number of rotatable bonds is 4. The molecule has 0 atom stereocenters. The number of aromatic nitrogens is 2. The summed E-state index contributed by atoms with van der Waals surface area (Å²) in [4.78, 5) is 8.62. The smallest absolute Gasteiger partial charge is 0.237 e. The number of pyridine rings is 2. The summed E-state index contributed by atoms with van der Waals surface area (Å²) in [5.41, 5.74) is 3.04. The zero-order chi connectivity index (χ0) is 13.8. The highest BCUT2D eigenvalue weighted by Gasteiger charge is 2.05. The predicted octanol–water partition coefficient (Wildman–Crippen LogP) is 3.25. The van der Waals surface area contributed by atoms with Gasteiger partial charge in [-0.25, -0.2) is 4.98 Å². The van der Waals surface area contributed by atoms with Gasteiger partial charge >= 0.3 is 0 Å². The van der Waals surface area contributed by atoms with Crippen LogP contribution in [-0.2, 0) is 6.54 Å². The SMILES string of the molecule is COc1ncccc1NCc1cccc2cccnc12. The predicted molar refractivity (Wildman–Crippen MR) is 79.9 cm³/mol. The Balaban J connectivity index is 1.87. The minimum atomic E-state index is 0.598. The molecular weight excluding hydrogens is 250 g/mol. The van der Waals surface area contributed by atoms with E-state index in [2.05, 4.69) is 33.5 Å². The zero-order valence-electron chi connectivity index (χ0n) is 11.2. The Kier molecular flexibility index (Phi) is 3.46. The number of ether oxygens (including phenoxy) is 1. The van der Waals surface area contributed by atoms with Crippen molar-refractivity contribution in [1.29, 1.82) is 0 Å². The van der Waals surface area contributed by atoms with Crippen molar-refractivity contribution in [3.05, 3.63) is 60.4 Å². The van der Waals surface area contributed by atoms with Crippen molar-refractivity contribution in [1.82, 2.24) is 9.97 Å². The minimum Gasteiger partial charge on any atom is -0.480 e. The summed E-state index contributed by atoms with van der Waals surface area (Å²) >= 11 is 0. The highest BCUT2D eigenvalue weighted by molar-refractivity contribution is 5.81. The number of anilines is 1. The van der Waals surface area contributed by atoms with Gasteiger partial charge in [0.2, 0.25) is 5.88 Å². The van der Waals surface area contributed by atoms with Crippen LogP contribution in [0.5, 0.6) is 5.88 Å². The van der Waals surface area contributed by atoms with Crippen LogP contribution in [-0.4, -0.2) is 17.1 Å². The number of methoxy groups -OCH3 is 1. The van der Waals surface area contributed by atoms with Crippen LogP contribution in [0.3, 0.4) is 0 Å². The van der Waals surface area contributed by atoms with Gasteiger partial charge in [0.15, 0.2) is 0 Å². The van der Waals surface area contributed by atoms with Gasteiger partial charge in [0.25, 0.3) is 0 Å². The monoisotopic (exact) mass is 265 g/mol. The van der Waals surface area contributed by atoms with Crippen LogP contribution in [0.25, 0.3) is 10.9 Å². The minimum absolute atomic E-state index is 0.598. The molecule has 1 N–H and O–H groups in total. The standard InChI is InChI=1S/C16H15N3O/c1-20-16-14(8-4-10-18-16)19-11-13-6-2-5-12-7-3-9-17-15(12)13/h2-10,19H,11H2,1H3. The average Bonchev–Trinajstić information content (AvgIpc) is 2.53. The number of nitrogens with one attached hydrogen (secondary N) is 1. The summed E-state index contributed by atoms with van der Waals surface area (Å²) in [7, 11) is 1.62. The summed E-state index contributed by atoms with van der Waals surface area (Å²) in [5, 5.41) is 4.49. The van der Waals surface area contributed by atoms with E-state index in [4.69, 9.17) is 4.74 Å². The summed E-state index contributed by atoms with van der Waals surface area (Å²) in [6, 6.07) is 14.0. The summed E-state index contributed by atoms with van der Waals surface area (Å²) in [6.45, 7) is 0.677. The van der Waals surface area contributed by atoms with Crippen LogP contribution in [0, 0.1) is 0 Å². The maximum Gasteiger partial charge on any atom is 0.237 e. The molecule has 4 heteroatoms. The van der Waals surface area contributed by atoms with Crippen LogP contribution in [0.2, 0.25) is 0 Å². The molecule has 1 aromatic carbocycles. The molecule has 0 aliphatic heterocycles. The van der Waals surface area contributed by atoms with Gasteiger partial charge in [-0.05, 0) is 23.8 Å². The Hall–Kier alpha value is -2.62. The first kappa shape index (κ1) is 12.4. The van der Waals surface area contributed by atoms with E-state index in [-0.39, 0.29) is 0 Å². The van der Waals surface area contributed by atoms with Crippen molar-refractivity contribution in [2.45, 2.75) is 6.54 Å². The Morgan fingerprint density at radius 1 is 1.00 bits per heavy atom. The maximum atomic E-state index is 5.23. The highest BCUT2D eigenvalue weighted by Crippen LogP contribution is 2.22. The van der Waals surface area contributed by atoms with E-state index < -0.39 is 0 Å². The summed E-state index contributed by atoms with van der Waals surface area (Å²) in [5.74, 6) is 0.598. The molecule has 0 aliphatic carbocycles. The van der Waals surface area contributed by atoms with E-state index in [0.717, 1.165) is 22.2 Å². The molecule has 2 heterocycles. The summed E-state index contributed by atoms with van der Waals surface area (Å²) in [6.07, 6.45) is 3.53. The largest absolute Gasteiger partial charge is 0.480 e. The molecule has 0 saturated carbocycles. The molecule has 100 valence electrons. The summed E-state index contributed by atoms with van der Waals surface area (Å²) < 4.78 is 5.23. The Labute approximate surface area is 117 Å². The van der Waals surface area contributed by atoms with Gasteiger partial charge < -0.3 is 10.1 Å². The number of fused-ring (bicyclic) bond motifs is 1. The fourth-order valence-electron chi connectivity index (χ4n) is 2.19. The van der Waals surface area contributed by atoms with Crippen molar-refractivity contribution >= 4 is 16.6 Å². The normalized spacial score (nSPS) is 10.4. The lowest BCUT2D eigenvalue weighted by molar-refractivity contribution is 0.399. The number of benzene rings is 1. The number of nitrogens with zero attached hydrogens (tertiary/aromatic N) is 2. The second kappa shape index (κ2) is 5.57. The number of hydrogen-bond donors (Lipinski definition) is 1. The first-order valence-corrected chi connectivity index (χ1v) is 6.44. The third kappa shape index (κ3) is 2.40. The molecule has 0 bridgehead atoms. The third-order valence-electron chi connectivity index (χ3n) is 3.15. The van der Waals surface area contributed by atoms with Crippen LogP contribution in [0.1, 0.15) is 5.56 Å². The first-order chi connectivity index (χ1) is 9.88. The molecule has 4 nitrogen and oxygen atoms in total. The molecule has 2 aromatic heterocycles. The van der Waals surface area contributed by atoms with Crippen molar-refractivity contribution < 1.29 is 4.74 Å². The fraction of sp³-hybridized carbons (Fsp3) is 0.125. The van der Waals surface area contributed by atoms with Gasteiger partial charge in [0, 0.05) is 24.3 Å². The van der Waals surface area contributed by atoms with Crippen LogP contribution in [0.15, 0.2) is 54.9 Å². The van der Waals surface area contributed by atoms with Gasteiger partial charge in [-0.2, -0.15) is 0 Å². The van der Waals surface area contributed by atoms with E-state index in [9.17, 15) is 0 Å². The second-order valence-corrected chi connectivity index (χ2v) is 4.41. The molecule has 0 fully saturated rings. The molecule has 20 heavy (non-hydrogen) atoms. The van der Waals surface area contributed by atoms with E-state index in [1.165, 1.54) is 0 Å². The second-order valence-electron chi connectivity index (χ2n) is 4.41. The fourth-order valence-corrected chi connectivity index (χ4v) is 2.19. The Morgan fingerprint density at radius 3 is 2.70 bits per heavy atom. The number of para-hydroxylation sites is 1. The molecule has 0 unspecified atom stereocenters. The molecule has 0 aliphatic rings. The first-order valence-electron chi connectivity index (χ1n) is 6.44. The molecule has 0 amide bonds. The van der Waals surface area contributed by atoms with Gasteiger partial charge in [-0.3, -0.25) is 4.98 Å². The van der Waals surface area contributed by atoms with Gasteiger partial charge in [0.05, 0.1) is 18.3 Å². The topological polar surface area (TPSA) is 47.0 Å². The van der Waals surface area contributed by atoms with E-state index in [1.807, 2.05) is 30.5 Å². The zero-order valence-corrected chi connectivity index (χ0v) is 11.2. The Morgan fingerprint density at radius 2 is 1.80 bits per heavy atom. The molecule has 3 rings (SSSR count). The van der Waals surface area contributed by atoms with Crippen LogP contribution < -0.4 is 10.1 Å². The van der Waals surface area contributed by atoms with Crippen LogP contribution in [0.4, 0.5) is 5.69 Å². The third-order valence-corrected chi connectivity index (χ3v) is 3.15. The lowest BCUT2D eigenvalue weighted by Gasteiger charge is -2.11. The van der Waals surface area contributed by atoms with Gasteiger partial charge in [-0.15, -0.1) is 0 Å². The lowest BCUT2D eigenvalue weighted by atomic mass is 10.1. The molecule has 3 aromatic rings. The van der Waals surface area contributed by atoms with Crippen molar-refractivity contribution in [2.24, 2.45) is 0 Å². The van der Waals surface area contributed by atoms with E-state index >= 15 is 0 Å². The average molecular weight is 265 g/mol. The van der Waals surface area contributed by atoms with Gasteiger partial charge in [0.1, 0.15) is 0 Å². The molecule has 0 saturated heterocycles. The van der Waals surface area contributed by atoms with Crippen molar-refractivity contribution in [2.75, 3.05) is 12.4 Å². The number of hydrogen-bond acceptors (Lipinski definition) is 4. The molecule has 0 spiro atoms. The van der Waals surface area contributed by atoms with Crippen molar-refractivity contribution in [3.8, 4) is 5.88 Å². The quantitative estimate of drug-likeness (QED) is 0.786. The van der Waals surface area contributed by atoms with E-state index in [1.54, 1.807) is 13.3 Å². The Bertz CT molecular complexity index is 722. The van der Waals surface area contributed by atoms with Crippen LogP contribution >= 0.6 is 0 Å². The maximum absolute atomic E-state index is 5.23. The van der Waals surface area contributed by atoms with E-state index in [0.29, 0.717) is 12.4 Å². The van der Waals surface area contributed by atoms with Gasteiger partial charge in [-0.1, -0.05) is 24.3 Å². The lowest BCUT2D eigenvalue weighted by Crippen LogP contribution is -2.03.